The Morgan fingerprint density at radius 2 is 1.86 bits per heavy atom. The molecule has 0 fully saturated rings. The number of hydrogen-bond acceptors (Lipinski definition) is 8. The van der Waals surface area contributed by atoms with E-state index in [0.717, 1.165) is 16.7 Å². The molecule has 0 amide bonds. The average molecular weight is 476 g/mol. The molecule has 5 rings (SSSR count). The third-order valence-electron chi connectivity index (χ3n) is 6.36. The topological polar surface area (TPSA) is 113 Å². The monoisotopic (exact) mass is 475 g/mol. The highest BCUT2D eigenvalue weighted by Crippen LogP contribution is 2.40. The van der Waals surface area contributed by atoms with Crippen LogP contribution in [0.2, 0.25) is 0 Å². The molecular weight excluding hydrogens is 450 g/mol. The Bertz CT molecular complexity index is 1610. The Hall–Kier alpha value is -4.11. The number of aryl methyl sites for hydroxylation is 2. The number of aliphatic hydroxyl groups is 1. The first-order chi connectivity index (χ1) is 16.9. The molecule has 0 unspecified atom stereocenters. The Labute approximate surface area is 200 Å². The summed E-state index contributed by atoms with van der Waals surface area (Å²) in [5, 5.41) is 14.8. The number of aromatic nitrogens is 3. The lowest BCUT2D eigenvalue weighted by Gasteiger charge is -2.18. The van der Waals surface area contributed by atoms with Crippen LogP contribution in [-0.2, 0) is 6.61 Å². The van der Waals surface area contributed by atoms with E-state index in [1.54, 1.807) is 18.8 Å². The molecule has 0 aliphatic carbocycles. The van der Waals surface area contributed by atoms with E-state index in [1.807, 2.05) is 57.2 Å². The standard InChI is InChI=1S/C26H25N3O6/c1-13-23(15(3)35-28-13)18-10-19-17(11-22(18)33-5)24-25(20(12-30)27-19)34-26(31)29(24)14(2)16-8-6-7-9-21(16)32-4/h6-11,14,30H,12H2,1-5H3/t14-/m1/s1. The number of methoxy groups -OCH3 is 2. The van der Waals surface area contributed by atoms with Gasteiger partial charge in [0.1, 0.15) is 28.5 Å². The normalized spacial score (nSPS) is 12.4. The van der Waals surface area contributed by atoms with Crippen molar-refractivity contribution in [1.29, 1.82) is 0 Å². The van der Waals surface area contributed by atoms with Crippen molar-refractivity contribution in [3.8, 4) is 22.6 Å². The fourth-order valence-corrected chi connectivity index (χ4v) is 4.72. The Morgan fingerprint density at radius 1 is 1.11 bits per heavy atom. The van der Waals surface area contributed by atoms with Crippen LogP contribution in [0.5, 0.6) is 11.5 Å². The van der Waals surface area contributed by atoms with Crippen LogP contribution in [0, 0.1) is 13.8 Å². The Balaban J connectivity index is 1.87. The van der Waals surface area contributed by atoms with E-state index in [2.05, 4.69) is 10.1 Å². The van der Waals surface area contributed by atoms with Crippen molar-refractivity contribution in [3.63, 3.8) is 0 Å². The van der Waals surface area contributed by atoms with Gasteiger partial charge in [-0.1, -0.05) is 23.4 Å². The molecule has 0 saturated carbocycles. The number of nitrogens with zero attached hydrogens (tertiary/aromatic N) is 3. The van der Waals surface area contributed by atoms with Gasteiger partial charge < -0.3 is 23.5 Å². The smallest absolute Gasteiger partial charge is 0.420 e. The third-order valence-corrected chi connectivity index (χ3v) is 6.36. The maximum absolute atomic E-state index is 13.2. The maximum Gasteiger partial charge on any atom is 0.420 e. The lowest BCUT2D eigenvalue weighted by molar-refractivity contribution is 0.277. The van der Waals surface area contributed by atoms with E-state index < -0.39 is 18.4 Å². The first-order valence-electron chi connectivity index (χ1n) is 11.1. The van der Waals surface area contributed by atoms with Crippen LogP contribution in [0.15, 0.2) is 50.1 Å². The van der Waals surface area contributed by atoms with Crippen molar-refractivity contribution in [2.45, 2.75) is 33.4 Å². The van der Waals surface area contributed by atoms with Gasteiger partial charge in [-0.05, 0) is 39.0 Å². The summed E-state index contributed by atoms with van der Waals surface area (Å²) < 4.78 is 23.8. The van der Waals surface area contributed by atoms with Gasteiger partial charge in [0.15, 0.2) is 5.58 Å². The van der Waals surface area contributed by atoms with E-state index in [9.17, 15) is 9.90 Å². The van der Waals surface area contributed by atoms with Crippen LogP contribution >= 0.6 is 0 Å². The van der Waals surface area contributed by atoms with Gasteiger partial charge in [-0.2, -0.15) is 0 Å². The van der Waals surface area contributed by atoms with Gasteiger partial charge >= 0.3 is 5.76 Å². The van der Waals surface area contributed by atoms with Crippen LogP contribution in [0.4, 0.5) is 0 Å². The zero-order chi connectivity index (χ0) is 24.9. The lowest BCUT2D eigenvalue weighted by atomic mass is 9.99. The van der Waals surface area contributed by atoms with Gasteiger partial charge in [0.05, 0.1) is 43.6 Å². The average Bonchev–Trinajstić information content (AvgIpc) is 3.40. The molecule has 9 heteroatoms. The number of rotatable bonds is 6. The lowest BCUT2D eigenvalue weighted by Crippen LogP contribution is -2.20. The van der Waals surface area contributed by atoms with Gasteiger partial charge in [-0.3, -0.25) is 4.57 Å². The molecule has 1 N–H and O–H groups in total. The molecule has 0 aliphatic rings. The fraction of sp³-hybridized carbons (Fsp3) is 0.269. The SMILES string of the molecule is COc1cc2c(cc1-c1c(C)noc1C)nc(CO)c1oc(=O)n([C@H](C)c3ccccc3OC)c12. The van der Waals surface area contributed by atoms with Crippen LogP contribution in [-0.4, -0.2) is 34.0 Å². The molecule has 3 heterocycles. The number of ether oxygens (including phenoxy) is 2. The van der Waals surface area contributed by atoms with Crippen molar-refractivity contribution >= 4 is 22.0 Å². The zero-order valence-electron chi connectivity index (χ0n) is 20.1. The summed E-state index contributed by atoms with van der Waals surface area (Å²) in [6, 6.07) is 10.8. The van der Waals surface area contributed by atoms with Crippen molar-refractivity contribution < 1.29 is 23.5 Å². The molecule has 0 spiro atoms. The third kappa shape index (κ3) is 3.47. The number of fused-ring (bicyclic) bond motifs is 3. The maximum atomic E-state index is 13.2. The summed E-state index contributed by atoms with van der Waals surface area (Å²) in [6.45, 7) is 5.19. The first kappa shape index (κ1) is 22.7. The predicted octanol–water partition coefficient (Wildman–Crippen LogP) is 4.53. The zero-order valence-corrected chi connectivity index (χ0v) is 20.1. The minimum atomic E-state index is -0.559. The van der Waals surface area contributed by atoms with Gasteiger partial charge in [0, 0.05) is 16.5 Å². The number of para-hydroxylation sites is 1. The molecule has 0 saturated heterocycles. The van der Waals surface area contributed by atoms with Gasteiger partial charge in [-0.15, -0.1) is 0 Å². The van der Waals surface area contributed by atoms with E-state index >= 15 is 0 Å². The largest absolute Gasteiger partial charge is 0.496 e. The number of hydrogen-bond donors (Lipinski definition) is 1. The molecule has 0 radical (unpaired) electrons. The highest BCUT2D eigenvalue weighted by Gasteiger charge is 2.26. The Kier molecular flexibility index (Phi) is 5.56. The van der Waals surface area contributed by atoms with E-state index in [-0.39, 0.29) is 11.3 Å². The molecular formula is C26H25N3O6. The van der Waals surface area contributed by atoms with Crippen molar-refractivity contribution in [2.75, 3.05) is 14.2 Å². The molecule has 180 valence electrons. The van der Waals surface area contributed by atoms with Crippen LogP contribution in [0.3, 0.4) is 0 Å². The van der Waals surface area contributed by atoms with Gasteiger partial charge in [-0.25, -0.2) is 9.78 Å². The van der Waals surface area contributed by atoms with Crippen LogP contribution in [0.25, 0.3) is 33.1 Å². The number of aliphatic hydroxyl groups excluding tert-OH is 1. The fourth-order valence-electron chi connectivity index (χ4n) is 4.72. The number of oxazole rings is 1. The summed E-state index contributed by atoms with van der Waals surface area (Å²) in [5.41, 5.74) is 4.68. The molecule has 5 aromatic rings. The molecule has 0 aliphatic heterocycles. The molecule has 0 bridgehead atoms. The van der Waals surface area contributed by atoms with Crippen molar-refractivity contribution in [2.24, 2.45) is 0 Å². The minimum absolute atomic E-state index is 0.235. The second-order valence-corrected chi connectivity index (χ2v) is 8.32. The van der Waals surface area contributed by atoms with Crippen molar-refractivity contribution in [3.05, 3.63) is 69.7 Å². The van der Waals surface area contributed by atoms with E-state index in [4.69, 9.17) is 18.4 Å². The predicted molar refractivity (Wildman–Crippen MR) is 130 cm³/mol. The molecule has 9 nitrogen and oxygen atoms in total. The number of pyridine rings is 1. The van der Waals surface area contributed by atoms with E-state index in [0.29, 0.717) is 39.4 Å². The summed E-state index contributed by atoms with van der Waals surface area (Å²) >= 11 is 0. The summed E-state index contributed by atoms with van der Waals surface area (Å²) in [5.74, 6) is 1.31. The van der Waals surface area contributed by atoms with Crippen molar-refractivity contribution in [1.82, 2.24) is 14.7 Å². The summed E-state index contributed by atoms with van der Waals surface area (Å²) in [7, 11) is 3.17. The first-order valence-corrected chi connectivity index (χ1v) is 11.1. The van der Waals surface area contributed by atoms with Gasteiger partial charge in [0.25, 0.3) is 0 Å². The summed E-state index contributed by atoms with van der Waals surface area (Å²) in [4.78, 5) is 17.8. The molecule has 1 atom stereocenters. The Morgan fingerprint density at radius 3 is 2.51 bits per heavy atom. The van der Waals surface area contributed by atoms with Crippen LogP contribution < -0.4 is 15.2 Å². The minimum Gasteiger partial charge on any atom is -0.496 e. The number of benzene rings is 2. The second-order valence-electron chi connectivity index (χ2n) is 8.32. The highest BCUT2D eigenvalue weighted by molar-refractivity contribution is 6.05. The molecule has 3 aromatic heterocycles. The van der Waals surface area contributed by atoms with Gasteiger partial charge in [0.2, 0.25) is 0 Å². The second kappa shape index (κ2) is 8.59. The quantitative estimate of drug-likeness (QED) is 0.381. The highest BCUT2D eigenvalue weighted by atomic mass is 16.5. The van der Waals surface area contributed by atoms with Crippen LogP contribution in [0.1, 0.15) is 35.7 Å². The molecule has 2 aromatic carbocycles. The molecule has 35 heavy (non-hydrogen) atoms. The van der Waals surface area contributed by atoms with E-state index in [1.165, 1.54) is 0 Å². The summed E-state index contributed by atoms with van der Waals surface area (Å²) in [6.07, 6.45) is 0.